The van der Waals surface area contributed by atoms with Crippen LogP contribution in [0.25, 0.3) is 0 Å². The molecule has 0 amide bonds. The molecule has 8 heteroatoms. The minimum Gasteiger partial charge on any atom is -0.378 e. The van der Waals surface area contributed by atoms with E-state index in [4.69, 9.17) is 4.74 Å². The van der Waals surface area contributed by atoms with Gasteiger partial charge >= 0.3 is 0 Å². The minimum absolute atomic E-state index is 0.0639. The molecule has 0 aliphatic carbocycles. The van der Waals surface area contributed by atoms with Crippen LogP contribution in [0.15, 0.2) is 41.4 Å². The molecule has 2 aliphatic rings. The van der Waals surface area contributed by atoms with E-state index in [1.807, 2.05) is 25.1 Å². The second-order valence-electron chi connectivity index (χ2n) is 7.15. The van der Waals surface area contributed by atoms with Crippen LogP contribution in [0.2, 0.25) is 0 Å². The Balaban J connectivity index is 1.55. The highest BCUT2D eigenvalue weighted by Gasteiger charge is 2.40. The van der Waals surface area contributed by atoms with Crippen molar-refractivity contribution < 1.29 is 13.2 Å². The van der Waals surface area contributed by atoms with Crippen molar-refractivity contribution in [1.82, 2.24) is 19.0 Å². The van der Waals surface area contributed by atoms with Crippen LogP contribution in [0, 0.1) is 6.92 Å². The first-order valence-electron chi connectivity index (χ1n) is 9.43. The summed E-state index contributed by atoms with van der Waals surface area (Å²) in [7, 11) is -3.55. The van der Waals surface area contributed by atoms with Crippen LogP contribution in [-0.2, 0) is 21.3 Å². The van der Waals surface area contributed by atoms with Crippen LogP contribution >= 0.6 is 0 Å². The third-order valence-corrected chi connectivity index (χ3v) is 7.47. The Morgan fingerprint density at radius 2 is 1.96 bits per heavy atom. The largest absolute Gasteiger partial charge is 0.378 e. The molecule has 146 valence electrons. The van der Waals surface area contributed by atoms with Gasteiger partial charge < -0.3 is 4.74 Å². The number of nitrogens with zero attached hydrogens (tertiary/aromatic N) is 4. The van der Waals surface area contributed by atoms with Gasteiger partial charge in [-0.3, -0.25) is 9.58 Å². The summed E-state index contributed by atoms with van der Waals surface area (Å²) in [5, 5.41) is 4.30. The zero-order valence-electron chi connectivity index (χ0n) is 15.8. The summed E-state index contributed by atoms with van der Waals surface area (Å²) in [6.45, 7) is 7.20. The van der Waals surface area contributed by atoms with Crippen molar-refractivity contribution in [1.29, 1.82) is 0 Å². The van der Waals surface area contributed by atoms with Gasteiger partial charge in [-0.15, -0.1) is 0 Å². The van der Waals surface area contributed by atoms with Gasteiger partial charge in [-0.1, -0.05) is 30.3 Å². The van der Waals surface area contributed by atoms with E-state index in [1.54, 1.807) is 22.1 Å². The van der Waals surface area contributed by atoms with E-state index in [2.05, 4.69) is 22.1 Å². The summed E-state index contributed by atoms with van der Waals surface area (Å²) in [4.78, 5) is 2.71. The molecular formula is C19H26N4O3S. The maximum atomic E-state index is 13.2. The highest BCUT2D eigenvalue weighted by molar-refractivity contribution is 7.89. The second kappa shape index (κ2) is 7.35. The SMILES string of the molecule is CCn1cc(S(=O)(=O)N2CCN3[C@@H](COC[C@@H]3c3ccccc3)C2)c(C)n1. The molecule has 0 spiro atoms. The summed E-state index contributed by atoms with van der Waals surface area (Å²) in [5.41, 5.74) is 1.78. The van der Waals surface area contributed by atoms with Crippen LogP contribution < -0.4 is 0 Å². The number of rotatable bonds is 4. The number of piperazine rings is 1. The first kappa shape index (κ1) is 18.6. The zero-order chi connectivity index (χ0) is 19.0. The van der Waals surface area contributed by atoms with Crippen LogP contribution in [0.5, 0.6) is 0 Å². The van der Waals surface area contributed by atoms with Gasteiger partial charge in [0.25, 0.3) is 0 Å². The summed E-state index contributed by atoms with van der Waals surface area (Å²) in [6, 6.07) is 10.5. The fourth-order valence-corrected chi connectivity index (χ4v) is 5.68. The molecular weight excluding hydrogens is 364 g/mol. The topological polar surface area (TPSA) is 67.7 Å². The molecule has 27 heavy (non-hydrogen) atoms. The molecule has 2 aliphatic heterocycles. The molecule has 0 unspecified atom stereocenters. The van der Waals surface area contributed by atoms with Gasteiger partial charge in [0.05, 0.1) is 24.9 Å². The third-order valence-electron chi connectivity index (χ3n) is 5.50. The van der Waals surface area contributed by atoms with Gasteiger partial charge in [-0.25, -0.2) is 8.42 Å². The molecule has 2 fully saturated rings. The number of sulfonamides is 1. The van der Waals surface area contributed by atoms with E-state index in [9.17, 15) is 8.42 Å². The van der Waals surface area contributed by atoms with Crippen molar-refractivity contribution in [2.45, 2.75) is 37.4 Å². The highest BCUT2D eigenvalue weighted by Crippen LogP contribution is 2.31. The molecule has 1 aromatic heterocycles. The van der Waals surface area contributed by atoms with Crippen molar-refractivity contribution in [2.75, 3.05) is 32.8 Å². The molecule has 2 saturated heterocycles. The minimum atomic E-state index is -3.55. The summed E-state index contributed by atoms with van der Waals surface area (Å²) < 4.78 is 35.5. The van der Waals surface area contributed by atoms with E-state index >= 15 is 0 Å². The van der Waals surface area contributed by atoms with Gasteiger partial charge in [0.2, 0.25) is 10.0 Å². The molecule has 0 saturated carbocycles. The van der Waals surface area contributed by atoms with Crippen molar-refractivity contribution in [3.63, 3.8) is 0 Å². The van der Waals surface area contributed by atoms with Crippen molar-refractivity contribution in [3.05, 3.63) is 47.8 Å². The number of hydrogen-bond donors (Lipinski definition) is 0. The summed E-state index contributed by atoms with van der Waals surface area (Å²) in [6.07, 6.45) is 1.64. The highest BCUT2D eigenvalue weighted by atomic mass is 32.2. The van der Waals surface area contributed by atoms with E-state index in [1.165, 1.54) is 5.56 Å². The fraction of sp³-hybridized carbons (Fsp3) is 0.526. The van der Waals surface area contributed by atoms with Crippen molar-refractivity contribution in [2.24, 2.45) is 0 Å². The Bertz CT molecular complexity index is 897. The Labute approximate surface area is 160 Å². The number of morpholine rings is 1. The average Bonchev–Trinajstić information content (AvgIpc) is 3.09. The third kappa shape index (κ3) is 3.42. The molecule has 2 atom stereocenters. The average molecular weight is 391 g/mol. The molecule has 4 rings (SSSR count). The van der Waals surface area contributed by atoms with Gasteiger partial charge in [0.1, 0.15) is 4.90 Å². The molecule has 1 aromatic carbocycles. The van der Waals surface area contributed by atoms with E-state index in [0.717, 1.165) is 0 Å². The lowest BCUT2D eigenvalue weighted by molar-refractivity contribution is -0.0709. The maximum Gasteiger partial charge on any atom is 0.246 e. The maximum absolute atomic E-state index is 13.2. The Morgan fingerprint density at radius 3 is 2.67 bits per heavy atom. The lowest BCUT2D eigenvalue weighted by Crippen LogP contribution is -2.59. The van der Waals surface area contributed by atoms with E-state index < -0.39 is 10.0 Å². The van der Waals surface area contributed by atoms with Crippen LogP contribution in [0.3, 0.4) is 0 Å². The van der Waals surface area contributed by atoms with E-state index in [-0.39, 0.29) is 12.1 Å². The first-order chi connectivity index (χ1) is 13.0. The summed E-state index contributed by atoms with van der Waals surface area (Å²) >= 11 is 0. The number of fused-ring (bicyclic) bond motifs is 1. The number of aromatic nitrogens is 2. The standard InChI is InChI=1S/C19H26N4O3S/c1-3-21-12-19(15(2)20-21)27(24,25)22-9-10-23-17(11-22)13-26-14-18(23)16-7-5-4-6-8-16/h4-8,12,17-18H,3,9-11,13-14H2,1-2H3/t17-,18-/m1/s1. The number of benzene rings is 1. The molecule has 0 bridgehead atoms. The zero-order valence-corrected chi connectivity index (χ0v) is 16.6. The molecule has 0 radical (unpaired) electrons. The molecule has 7 nitrogen and oxygen atoms in total. The fourth-order valence-electron chi connectivity index (χ4n) is 4.05. The normalized spacial score (nSPS) is 24.7. The van der Waals surface area contributed by atoms with Gasteiger partial charge in [-0.2, -0.15) is 9.40 Å². The van der Waals surface area contributed by atoms with Crippen LogP contribution in [0.4, 0.5) is 0 Å². The molecule has 2 aromatic rings. The quantitative estimate of drug-likeness (QED) is 0.794. The summed E-state index contributed by atoms with van der Waals surface area (Å²) in [5.74, 6) is 0. The lowest BCUT2D eigenvalue weighted by atomic mass is 10.0. The van der Waals surface area contributed by atoms with Crippen molar-refractivity contribution in [3.8, 4) is 0 Å². The molecule has 0 N–H and O–H groups in total. The first-order valence-corrected chi connectivity index (χ1v) is 10.9. The number of aryl methyl sites for hydroxylation is 2. The van der Waals surface area contributed by atoms with Gasteiger partial charge in [-0.05, 0) is 19.4 Å². The lowest BCUT2D eigenvalue weighted by Gasteiger charge is -2.47. The monoisotopic (exact) mass is 390 g/mol. The van der Waals surface area contributed by atoms with Crippen molar-refractivity contribution >= 4 is 10.0 Å². The van der Waals surface area contributed by atoms with Crippen LogP contribution in [0.1, 0.15) is 24.2 Å². The number of ether oxygens (including phenoxy) is 1. The Hall–Kier alpha value is -1.74. The van der Waals surface area contributed by atoms with E-state index in [0.29, 0.717) is 50.0 Å². The Kier molecular flexibility index (Phi) is 5.07. The Morgan fingerprint density at radius 1 is 1.19 bits per heavy atom. The second-order valence-corrected chi connectivity index (χ2v) is 9.06. The predicted octanol–water partition coefficient (Wildman–Crippen LogP) is 1.66. The molecule has 3 heterocycles. The smallest absolute Gasteiger partial charge is 0.246 e. The van der Waals surface area contributed by atoms with Gasteiger partial charge in [0.15, 0.2) is 0 Å². The van der Waals surface area contributed by atoms with Gasteiger partial charge in [0, 0.05) is 38.4 Å². The predicted molar refractivity (Wildman–Crippen MR) is 102 cm³/mol. The van der Waals surface area contributed by atoms with Crippen LogP contribution in [-0.4, -0.2) is 66.3 Å². The number of hydrogen-bond acceptors (Lipinski definition) is 5.